The minimum Gasteiger partial charge on any atom is -0.465 e. The SMILES string of the molecule is CCCCOC(=O)C(C(C)C(=O)OCC(C)C)C(C)(C)OC(=O)C(CCCCCC(=O)OCC(C)(C)C)OC(=O)C(C)C(C)(CC)OC=O. The average Bonchev–Trinajstić information content (AvgIpc) is 3.00. The van der Waals surface area contributed by atoms with Gasteiger partial charge in [0.2, 0.25) is 0 Å². The zero-order valence-corrected chi connectivity index (χ0v) is 32.1. The van der Waals surface area contributed by atoms with Crippen molar-refractivity contribution in [3.05, 3.63) is 0 Å². The summed E-state index contributed by atoms with van der Waals surface area (Å²) in [7, 11) is 0. The van der Waals surface area contributed by atoms with Crippen LogP contribution in [0.5, 0.6) is 0 Å². The van der Waals surface area contributed by atoms with E-state index in [1.807, 2.05) is 41.5 Å². The molecule has 0 aromatic heterocycles. The molecule has 0 aliphatic carbocycles. The molecule has 0 radical (unpaired) electrons. The van der Waals surface area contributed by atoms with Crippen LogP contribution in [0.2, 0.25) is 0 Å². The molecular weight excluding hydrogens is 636 g/mol. The third kappa shape index (κ3) is 17.4. The van der Waals surface area contributed by atoms with Crippen molar-refractivity contribution in [1.82, 2.24) is 0 Å². The molecule has 0 amide bonds. The van der Waals surface area contributed by atoms with Gasteiger partial charge in [-0.1, -0.05) is 68.2 Å². The lowest BCUT2D eigenvalue weighted by atomic mass is 9.80. The summed E-state index contributed by atoms with van der Waals surface area (Å²) in [5, 5.41) is 0. The number of ether oxygens (including phenoxy) is 6. The fourth-order valence-electron chi connectivity index (χ4n) is 4.86. The Morgan fingerprint density at radius 2 is 1.37 bits per heavy atom. The molecule has 0 aromatic rings. The largest absolute Gasteiger partial charge is 0.465 e. The number of hydrogen-bond donors (Lipinski definition) is 0. The summed E-state index contributed by atoms with van der Waals surface area (Å²) in [5.41, 5.74) is -2.92. The predicted octanol–water partition coefficient (Wildman–Crippen LogP) is 6.53. The number of hydrogen-bond acceptors (Lipinski definition) is 12. The molecule has 49 heavy (non-hydrogen) atoms. The first-order valence-electron chi connectivity index (χ1n) is 17.7. The monoisotopic (exact) mass is 700 g/mol. The van der Waals surface area contributed by atoms with E-state index in [-0.39, 0.29) is 49.8 Å². The van der Waals surface area contributed by atoms with Gasteiger partial charge in [0.15, 0.2) is 6.10 Å². The summed E-state index contributed by atoms with van der Waals surface area (Å²) in [5.74, 6) is -6.49. The van der Waals surface area contributed by atoms with Crippen LogP contribution in [-0.2, 0) is 57.2 Å². The molecule has 5 unspecified atom stereocenters. The van der Waals surface area contributed by atoms with E-state index in [0.717, 1.165) is 6.42 Å². The Morgan fingerprint density at radius 3 is 1.90 bits per heavy atom. The molecule has 0 heterocycles. The van der Waals surface area contributed by atoms with Gasteiger partial charge in [-0.2, -0.15) is 0 Å². The molecule has 0 saturated heterocycles. The maximum Gasteiger partial charge on any atom is 0.348 e. The molecule has 0 aromatic carbocycles. The van der Waals surface area contributed by atoms with Crippen molar-refractivity contribution in [2.75, 3.05) is 19.8 Å². The predicted molar refractivity (Wildman–Crippen MR) is 183 cm³/mol. The van der Waals surface area contributed by atoms with Crippen LogP contribution in [0, 0.1) is 29.1 Å². The summed E-state index contributed by atoms with van der Waals surface area (Å²) in [6, 6.07) is 0. The van der Waals surface area contributed by atoms with Crippen molar-refractivity contribution in [1.29, 1.82) is 0 Å². The van der Waals surface area contributed by atoms with Gasteiger partial charge in [0.05, 0.1) is 31.7 Å². The van der Waals surface area contributed by atoms with Gasteiger partial charge in [-0.25, -0.2) is 4.79 Å². The number of unbranched alkanes of at least 4 members (excludes halogenated alkanes) is 3. The Labute approximate surface area is 294 Å². The lowest BCUT2D eigenvalue weighted by Crippen LogP contribution is -2.50. The molecule has 0 bridgehead atoms. The van der Waals surface area contributed by atoms with Crippen LogP contribution >= 0.6 is 0 Å². The van der Waals surface area contributed by atoms with Gasteiger partial charge in [-0.3, -0.25) is 24.0 Å². The van der Waals surface area contributed by atoms with Crippen molar-refractivity contribution in [3.8, 4) is 0 Å². The van der Waals surface area contributed by atoms with Crippen LogP contribution in [0.3, 0.4) is 0 Å². The molecule has 0 aliphatic heterocycles. The fourth-order valence-corrected chi connectivity index (χ4v) is 4.86. The van der Waals surface area contributed by atoms with Gasteiger partial charge in [0.1, 0.15) is 17.1 Å². The van der Waals surface area contributed by atoms with Crippen LogP contribution < -0.4 is 0 Å². The molecule has 5 atom stereocenters. The van der Waals surface area contributed by atoms with Crippen LogP contribution in [0.15, 0.2) is 0 Å². The number of carbonyl (C=O) groups excluding carboxylic acids is 6. The third-order valence-corrected chi connectivity index (χ3v) is 8.36. The summed E-state index contributed by atoms with van der Waals surface area (Å²) >= 11 is 0. The number of carbonyl (C=O) groups is 6. The highest BCUT2D eigenvalue weighted by Gasteiger charge is 2.48. The van der Waals surface area contributed by atoms with Crippen LogP contribution in [0.1, 0.15) is 134 Å². The van der Waals surface area contributed by atoms with Gasteiger partial charge in [0.25, 0.3) is 6.47 Å². The normalized spacial score (nSPS) is 15.5. The standard InChI is InChI=1S/C37H64O12/c1-13-15-21-44-34(43)30(26(5)31(40)45-22-25(3)4)36(10,11)49-33(42)28(48-32(41)27(6)37(12,14-2)47-24-38)19-17-16-18-20-29(39)46-23-35(7,8)9/h24-28,30H,13-23H2,1-12H3. The van der Waals surface area contributed by atoms with E-state index in [2.05, 4.69) is 0 Å². The lowest BCUT2D eigenvalue weighted by molar-refractivity contribution is -0.194. The van der Waals surface area contributed by atoms with Crippen LogP contribution in [0.25, 0.3) is 0 Å². The second-order valence-electron chi connectivity index (χ2n) is 15.2. The highest BCUT2D eigenvalue weighted by Crippen LogP contribution is 2.33. The summed E-state index contributed by atoms with van der Waals surface area (Å²) in [6.45, 7) is 21.9. The first-order chi connectivity index (χ1) is 22.6. The van der Waals surface area contributed by atoms with E-state index in [1.165, 1.54) is 27.7 Å². The van der Waals surface area contributed by atoms with Gasteiger partial charge >= 0.3 is 29.8 Å². The summed E-state index contributed by atoms with van der Waals surface area (Å²) < 4.78 is 33.0. The van der Waals surface area contributed by atoms with Gasteiger partial charge < -0.3 is 28.4 Å². The topological polar surface area (TPSA) is 158 Å². The van der Waals surface area contributed by atoms with Crippen molar-refractivity contribution < 1.29 is 57.2 Å². The van der Waals surface area contributed by atoms with Crippen molar-refractivity contribution in [2.24, 2.45) is 29.1 Å². The smallest absolute Gasteiger partial charge is 0.348 e. The molecule has 0 spiro atoms. The molecule has 12 heteroatoms. The maximum absolute atomic E-state index is 13.8. The van der Waals surface area contributed by atoms with Crippen molar-refractivity contribution in [2.45, 2.75) is 152 Å². The van der Waals surface area contributed by atoms with Crippen molar-refractivity contribution in [3.63, 3.8) is 0 Å². The second kappa shape index (κ2) is 21.8. The zero-order valence-electron chi connectivity index (χ0n) is 32.1. The maximum atomic E-state index is 13.8. The molecule has 0 aliphatic rings. The Bertz CT molecular complexity index is 1060. The molecule has 284 valence electrons. The van der Waals surface area contributed by atoms with Gasteiger partial charge in [-0.05, 0) is 71.1 Å². The molecule has 0 rings (SSSR count). The number of esters is 5. The Kier molecular flexibility index (Phi) is 20.4. The summed E-state index contributed by atoms with van der Waals surface area (Å²) in [4.78, 5) is 76.8. The highest BCUT2D eigenvalue weighted by atomic mass is 16.6. The molecule has 0 saturated carbocycles. The molecule has 12 nitrogen and oxygen atoms in total. The van der Waals surface area contributed by atoms with Crippen LogP contribution in [0.4, 0.5) is 0 Å². The zero-order chi connectivity index (χ0) is 38.0. The molecule has 0 fully saturated rings. The third-order valence-electron chi connectivity index (χ3n) is 8.36. The van der Waals surface area contributed by atoms with E-state index < -0.39 is 58.9 Å². The lowest BCUT2D eigenvalue weighted by Gasteiger charge is -2.36. The quantitative estimate of drug-likeness (QED) is 0.0465. The van der Waals surface area contributed by atoms with Gasteiger partial charge in [0, 0.05) is 6.42 Å². The van der Waals surface area contributed by atoms with Crippen molar-refractivity contribution >= 4 is 36.3 Å². The van der Waals surface area contributed by atoms with E-state index >= 15 is 0 Å². The Balaban J connectivity index is 6.11. The highest BCUT2D eigenvalue weighted by molar-refractivity contribution is 5.84. The summed E-state index contributed by atoms with van der Waals surface area (Å²) in [6.07, 6.45) is 1.96. The minimum absolute atomic E-state index is 0.0549. The average molecular weight is 701 g/mol. The van der Waals surface area contributed by atoms with E-state index in [4.69, 9.17) is 28.4 Å². The Morgan fingerprint density at radius 1 is 0.735 bits per heavy atom. The number of rotatable bonds is 24. The Hall–Kier alpha value is -3.18. The fraction of sp³-hybridized carbons (Fsp3) is 0.838. The van der Waals surface area contributed by atoms with E-state index in [1.54, 1.807) is 13.8 Å². The second-order valence-corrected chi connectivity index (χ2v) is 15.2. The first kappa shape index (κ1) is 45.8. The van der Waals surface area contributed by atoms with Gasteiger partial charge in [-0.15, -0.1) is 0 Å². The van der Waals surface area contributed by atoms with E-state index in [0.29, 0.717) is 38.7 Å². The van der Waals surface area contributed by atoms with Crippen LogP contribution in [-0.4, -0.2) is 73.4 Å². The van der Waals surface area contributed by atoms with E-state index in [9.17, 15) is 28.8 Å². The molecule has 0 N–H and O–H groups in total. The molecular formula is C37H64O12. The first-order valence-corrected chi connectivity index (χ1v) is 17.7. The minimum atomic E-state index is -1.58.